The third kappa shape index (κ3) is 4.39. The maximum atomic E-state index is 12.3. The Bertz CT molecular complexity index is 788. The molecule has 1 amide bonds. The second-order valence-electron chi connectivity index (χ2n) is 5.35. The number of hydrogen-bond donors (Lipinski definition) is 2. The minimum absolute atomic E-state index is 0.160. The zero-order valence-corrected chi connectivity index (χ0v) is 12.9. The van der Waals surface area contributed by atoms with Crippen LogP contribution in [-0.2, 0) is 4.79 Å². The fourth-order valence-electron chi connectivity index (χ4n) is 2.31. The van der Waals surface area contributed by atoms with E-state index in [9.17, 15) is 19.7 Å². The summed E-state index contributed by atoms with van der Waals surface area (Å²) in [4.78, 5) is 33.7. The van der Waals surface area contributed by atoms with E-state index in [1.165, 1.54) is 18.2 Å². The van der Waals surface area contributed by atoms with E-state index in [1.54, 1.807) is 24.3 Å². The first kappa shape index (κ1) is 17.1. The molecule has 0 saturated carbocycles. The molecule has 0 saturated heterocycles. The lowest BCUT2D eigenvalue weighted by atomic mass is 10.0. The molecule has 0 aliphatic rings. The van der Waals surface area contributed by atoms with Crippen LogP contribution in [-0.4, -0.2) is 21.9 Å². The van der Waals surface area contributed by atoms with E-state index >= 15 is 0 Å². The fourth-order valence-corrected chi connectivity index (χ4v) is 2.31. The van der Waals surface area contributed by atoms with Crippen molar-refractivity contribution in [2.45, 2.75) is 19.4 Å². The van der Waals surface area contributed by atoms with Gasteiger partial charge in [-0.1, -0.05) is 29.8 Å². The molecule has 124 valence electrons. The zero-order chi connectivity index (χ0) is 17.7. The van der Waals surface area contributed by atoms with Crippen LogP contribution >= 0.6 is 0 Å². The van der Waals surface area contributed by atoms with Crippen LogP contribution in [0.15, 0.2) is 48.5 Å². The molecule has 2 aromatic carbocycles. The molecule has 0 spiro atoms. The van der Waals surface area contributed by atoms with E-state index in [2.05, 4.69) is 5.32 Å². The quantitative estimate of drug-likeness (QED) is 0.626. The zero-order valence-electron chi connectivity index (χ0n) is 12.9. The lowest BCUT2D eigenvalue weighted by molar-refractivity contribution is -0.384. The van der Waals surface area contributed by atoms with Gasteiger partial charge in [0.15, 0.2) is 0 Å². The lowest BCUT2D eigenvalue weighted by Gasteiger charge is -2.17. The van der Waals surface area contributed by atoms with Crippen LogP contribution in [0.25, 0.3) is 0 Å². The number of benzene rings is 2. The van der Waals surface area contributed by atoms with Crippen molar-refractivity contribution in [3.63, 3.8) is 0 Å². The van der Waals surface area contributed by atoms with Gasteiger partial charge in [0.1, 0.15) is 0 Å². The van der Waals surface area contributed by atoms with Crippen LogP contribution in [0.3, 0.4) is 0 Å². The van der Waals surface area contributed by atoms with Crippen LogP contribution in [0.2, 0.25) is 0 Å². The van der Waals surface area contributed by atoms with Crippen LogP contribution in [0.4, 0.5) is 5.69 Å². The second kappa shape index (κ2) is 7.36. The molecule has 0 aliphatic heterocycles. The van der Waals surface area contributed by atoms with Gasteiger partial charge in [-0.15, -0.1) is 0 Å². The summed E-state index contributed by atoms with van der Waals surface area (Å²) in [7, 11) is 0. The topological polar surface area (TPSA) is 110 Å². The first-order valence-corrected chi connectivity index (χ1v) is 7.20. The summed E-state index contributed by atoms with van der Waals surface area (Å²) in [5.41, 5.74) is 1.50. The van der Waals surface area contributed by atoms with Crippen molar-refractivity contribution >= 4 is 17.6 Å². The summed E-state index contributed by atoms with van der Waals surface area (Å²) in [5, 5.41) is 22.6. The number of non-ortho nitro benzene ring substituents is 1. The number of nitrogens with zero attached hydrogens (tertiary/aromatic N) is 1. The van der Waals surface area contributed by atoms with Gasteiger partial charge in [0.2, 0.25) is 0 Å². The predicted octanol–water partition coefficient (Wildman–Crippen LogP) is 2.85. The summed E-state index contributed by atoms with van der Waals surface area (Å²) in [5.74, 6) is -1.55. The Balaban J connectivity index is 2.28. The number of nitro benzene ring substituents is 1. The van der Waals surface area contributed by atoms with Gasteiger partial charge in [-0.25, -0.2) is 0 Å². The van der Waals surface area contributed by atoms with Gasteiger partial charge < -0.3 is 10.4 Å². The Kier molecular flexibility index (Phi) is 5.26. The Morgan fingerprint density at radius 2 is 1.92 bits per heavy atom. The molecular weight excluding hydrogens is 312 g/mol. The highest BCUT2D eigenvalue weighted by Crippen LogP contribution is 2.22. The average molecular weight is 328 g/mol. The lowest BCUT2D eigenvalue weighted by Crippen LogP contribution is -2.30. The maximum absolute atomic E-state index is 12.3. The Labute approximate surface area is 138 Å². The van der Waals surface area contributed by atoms with Crippen LogP contribution < -0.4 is 5.32 Å². The highest BCUT2D eigenvalue weighted by atomic mass is 16.6. The first-order valence-electron chi connectivity index (χ1n) is 7.20. The number of rotatable bonds is 6. The Hall–Kier alpha value is -3.22. The molecule has 0 aromatic heterocycles. The molecular formula is C17H16N2O5. The minimum atomic E-state index is -1.11. The van der Waals surface area contributed by atoms with E-state index in [-0.39, 0.29) is 12.1 Å². The summed E-state index contributed by atoms with van der Waals surface area (Å²) < 4.78 is 0. The van der Waals surface area contributed by atoms with E-state index in [4.69, 9.17) is 5.11 Å². The molecule has 2 rings (SSSR count). The van der Waals surface area contributed by atoms with Crippen molar-refractivity contribution in [2.75, 3.05) is 0 Å². The molecule has 0 fully saturated rings. The number of aliphatic carboxylic acids is 1. The summed E-state index contributed by atoms with van der Waals surface area (Å²) in [6.45, 7) is 1.84. The summed E-state index contributed by atoms with van der Waals surface area (Å²) in [6, 6.07) is 11.6. The molecule has 0 heterocycles. The number of nitrogens with one attached hydrogen (secondary N) is 1. The molecule has 2 aromatic rings. The summed E-state index contributed by atoms with van der Waals surface area (Å²) >= 11 is 0. The molecule has 7 heteroatoms. The van der Waals surface area contributed by atoms with Gasteiger partial charge >= 0.3 is 5.97 Å². The molecule has 0 radical (unpaired) electrons. The Morgan fingerprint density at radius 1 is 1.21 bits per heavy atom. The van der Waals surface area contributed by atoms with E-state index < -0.39 is 22.8 Å². The number of carboxylic acid groups (broad SMARTS) is 1. The van der Waals surface area contributed by atoms with Crippen LogP contribution in [0, 0.1) is 17.0 Å². The van der Waals surface area contributed by atoms with Gasteiger partial charge in [-0.3, -0.25) is 19.7 Å². The fraction of sp³-hybridized carbons (Fsp3) is 0.176. The van der Waals surface area contributed by atoms with Crippen molar-refractivity contribution in [1.29, 1.82) is 0 Å². The number of nitro groups is 1. The molecule has 0 aliphatic carbocycles. The average Bonchev–Trinajstić information content (AvgIpc) is 2.54. The molecule has 7 nitrogen and oxygen atoms in total. The van der Waals surface area contributed by atoms with Gasteiger partial charge in [0, 0.05) is 17.7 Å². The number of hydrogen-bond acceptors (Lipinski definition) is 4. The molecule has 2 N–H and O–H groups in total. The van der Waals surface area contributed by atoms with Crippen LogP contribution in [0.5, 0.6) is 0 Å². The smallest absolute Gasteiger partial charge is 0.305 e. The van der Waals surface area contributed by atoms with E-state index in [0.717, 1.165) is 5.56 Å². The second-order valence-corrected chi connectivity index (χ2v) is 5.35. The molecule has 0 bridgehead atoms. The SMILES string of the molecule is Cc1cccc(C(=O)NC(CC(=O)O)c2cccc([N+](=O)[O-])c2)c1. The summed E-state index contributed by atoms with van der Waals surface area (Å²) in [6.07, 6.45) is -0.376. The number of aryl methyl sites for hydroxylation is 1. The van der Waals surface area contributed by atoms with Crippen molar-refractivity contribution in [2.24, 2.45) is 0 Å². The van der Waals surface area contributed by atoms with Crippen LogP contribution in [0.1, 0.15) is 33.9 Å². The normalized spacial score (nSPS) is 11.5. The molecule has 1 unspecified atom stereocenters. The minimum Gasteiger partial charge on any atom is -0.481 e. The highest BCUT2D eigenvalue weighted by Gasteiger charge is 2.21. The third-order valence-electron chi connectivity index (χ3n) is 3.45. The standard InChI is InChI=1S/C17H16N2O5/c1-11-4-2-6-13(8-11)17(22)18-15(10-16(20)21)12-5-3-7-14(9-12)19(23)24/h2-9,15H,10H2,1H3,(H,18,22)(H,20,21). The Morgan fingerprint density at radius 3 is 2.54 bits per heavy atom. The van der Waals surface area contributed by atoms with Gasteiger partial charge in [-0.2, -0.15) is 0 Å². The number of carbonyl (C=O) groups excluding carboxylic acids is 1. The molecule has 1 atom stereocenters. The van der Waals surface area contributed by atoms with Crippen molar-refractivity contribution in [1.82, 2.24) is 5.32 Å². The first-order chi connectivity index (χ1) is 11.4. The predicted molar refractivity (Wildman–Crippen MR) is 86.7 cm³/mol. The number of amides is 1. The van der Waals surface area contributed by atoms with Crippen molar-refractivity contribution in [3.8, 4) is 0 Å². The van der Waals surface area contributed by atoms with Crippen molar-refractivity contribution in [3.05, 3.63) is 75.3 Å². The highest BCUT2D eigenvalue weighted by molar-refractivity contribution is 5.94. The van der Waals surface area contributed by atoms with Gasteiger partial charge in [0.25, 0.3) is 11.6 Å². The number of carboxylic acids is 1. The third-order valence-corrected chi connectivity index (χ3v) is 3.45. The van der Waals surface area contributed by atoms with Gasteiger partial charge in [-0.05, 0) is 24.6 Å². The number of carbonyl (C=O) groups is 2. The monoisotopic (exact) mass is 328 g/mol. The molecule has 24 heavy (non-hydrogen) atoms. The van der Waals surface area contributed by atoms with E-state index in [1.807, 2.05) is 13.0 Å². The van der Waals surface area contributed by atoms with Gasteiger partial charge in [0.05, 0.1) is 17.4 Å². The van der Waals surface area contributed by atoms with Crippen molar-refractivity contribution < 1.29 is 19.6 Å². The van der Waals surface area contributed by atoms with E-state index in [0.29, 0.717) is 11.1 Å². The largest absolute Gasteiger partial charge is 0.481 e. The maximum Gasteiger partial charge on any atom is 0.305 e.